The molecule has 0 aliphatic rings. The summed E-state index contributed by atoms with van der Waals surface area (Å²) in [5.41, 5.74) is 12.0. The van der Waals surface area contributed by atoms with Gasteiger partial charge in [0.15, 0.2) is 0 Å². The van der Waals surface area contributed by atoms with Crippen LogP contribution in [0.15, 0.2) is 212 Å². The summed E-state index contributed by atoms with van der Waals surface area (Å²) in [7, 11) is 0. The zero-order valence-electron chi connectivity index (χ0n) is 31.8. The second kappa shape index (κ2) is 13.7. The number of para-hydroxylation sites is 1. The average Bonchev–Trinajstić information content (AvgIpc) is 3.24. The third-order valence-corrected chi connectivity index (χ3v) is 8.79. The number of benzene rings is 8. The number of anilines is 3. The number of nitrogens with zero attached hydrogens (tertiary/aromatic N) is 1. The predicted molar refractivity (Wildman–Crippen MR) is 208 cm³/mol. The lowest BCUT2D eigenvalue weighted by Crippen LogP contribution is -2.11. The molecule has 0 amide bonds. The summed E-state index contributed by atoms with van der Waals surface area (Å²) < 4.78 is 42.7. The van der Waals surface area contributed by atoms with Crippen LogP contribution in [-0.4, -0.2) is 0 Å². The number of rotatable bonds is 8. The minimum absolute atomic E-state index is 0.158. The maximum Gasteiger partial charge on any atom is 0.0629 e. The third kappa shape index (κ3) is 6.31. The molecule has 0 heterocycles. The first-order chi connectivity index (χ1) is 26.4. The molecule has 0 aromatic heterocycles. The van der Waals surface area contributed by atoms with Gasteiger partial charge < -0.3 is 4.90 Å². The van der Waals surface area contributed by atoms with Crippen molar-refractivity contribution in [3.63, 3.8) is 0 Å². The molecule has 0 aliphatic heterocycles. The first-order valence-corrected chi connectivity index (χ1v) is 16.4. The standard InChI is InChI=1S/C48H35N/c1-5-15-36(16-6-1)37-25-30-43(31-26-37)49(48-24-14-13-23-46(48)40-19-9-3-10-20-40)44-32-27-38(28-33-44)42-29-34-45(39-17-7-2-8-18-39)47(35-42)41-21-11-4-12-22-41/h1-35H/i3D,9D,10D,19D,20D. The molecule has 8 aromatic rings. The van der Waals surface area contributed by atoms with Crippen molar-refractivity contribution >= 4 is 17.1 Å². The van der Waals surface area contributed by atoms with Crippen molar-refractivity contribution in [1.82, 2.24) is 0 Å². The largest absolute Gasteiger partial charge is 0.310 e. The maximum absolute atomic E-state index is 8.82. The molecule has 8 rings (SSSR count). The van der Waals surface area contributed by atoms with Crippen LogP contribution in [-0.2, 0) is 0 Å². The topological polar surface area (TPSA) is 3.24 Å². The highest BCUT2D eigenvalue weighted by molar-refractivity contribution is 5.90. The number of hydrogen-bond donors (Lipinski definition) is 0. The van der Waals surface area contributed by atoms with E-state index < -0.39 is 6.04 Å². The molecule has 49 heavy (non-hydrogen) atoms. The molecule has 0 unspecified atom stereocenters. The first-order valence-electron chi connectivity index (χ1n) is 18.9. The van der Waals surface area contributed by atoms with Gasteiger partial charge in [-0.2, -0.15) is 0 Å². The Labute approximate surface area is 296 Å². The molecule has 0 fully saturated rings. The summed E-state index contributed by atoms with van der Waals surface area (Å²) in [5, 5.41) is 0. The predicted octanol–water partition coefficient (Wildman–Crippen LogP) is 13.5. The van der Waals surface area contributed by atoms with Crippen molar-refractivity contribution in [3.8, 4) is 55.6 Å². The Bertz CT molecular complexity index is 2540. The molecule has 0 saturated carbocycles. The SMILES string of the molecule is [2H]c1c([2H])c([2H])c(-c2ccccc2N(c2ccc(-c3ccccc3)cc2)c2ccc(-c3ccc(-c4ccccc4)c(-c4ccccc4)c3)cc2)c([2H])c1[2H]. The van der Waals surface area contributed by atoms with Gasteiger partial charge in [0.25, 0.3) is 0 Å². The van der Waals surface area contributed by atoms with Crippen LogP contribution >= 0.6 is 0 Å². The summed E-state index contributed by atoms with van der Waals surface area (Å²) in [5.74, 6) is 0. The van der Waals surface area contributed by atoms with Crippen LogP contribution in [0.5, 0.6) is 0 Å². The Kier molecular flexibility index (Phi) is 6.92. The van der Waals surface area contributed by atoms with Crippen LogP contribution in [0, 0.1) is 0 Å². The summed E-state index contributed by atoms with van der Waals surface area (Å²) >= 11 is 0. The Balaban J connectivity index is 1.26. The lowest BCUT2D eigenvalue weighted by atomic mass is 9.91. The van der Waals surface area contributed by atoms with Crippen LogP contribution < -0.4 is 4.90 Å². The van der Waals surface area contributed by atoms with E-state index in [1.807, 2.05) is 54.6 Å². The molecular formula is C48H35N. The Hall–Kier alpha value is -6.44. The van der Waals surface area contributed by atoms with E-state index in [4.69, 9.17) is 6.85 Å². The molecule has 0 N–H and O–H groups in total. The van der Waals surface area contributed by atoms with E-state index in [-0.39, 0.29) is 29.7 Å². The van der Waals surface area contributed by atoms with Gasteiger partial charge in [0.05, 0.1) is 12.5 Å². The second-order valence-electron chi connectivity index (χ2n) is 11.8. The van der Waals surface area contributed by atoms with Gasteiger partial charge >= 0.3 is 0 Å². The van der Waals surface area contributed by atoms with Gasteiger partial charge in [0.2, 0.25) is 0 Å². The smallest absolute Gasteiger partial charge is 0.0629 e. The molecule has 0 spiro atoms. The Morgan fingerprint density at radius 2 is 0.755 bits per heavy atom. The number of hydrogen-bond acceptors (Lipinski definition) is 1. The first kappa shape index (κ1) is 24.7. The fourth-order valence-electron chi connectivity index (χ4n) is 6.38. The molecule has 1 nitrogen and oxygen atoms in total. The quantitative estimate of drug-likeness (QED) is 0.161. The van der Waals surface area contributed by atoms with Crippen molar-refractivity contribution in [2.24, 2.45) is 0 Å². The molecule has 0 atom stereocenters. The highest BCUT2D eigenvalue weighted by atomic mass is 15.1. The van der Waals surface area contributed by atoms with Crippen LogP contribution in [0.25, 0.3) is 55.6 Å². The summed E-state index contributed by atoms with van der Waals surface area (Å²) in [6.45, 7) is 0. The normalized spacial score (nSPS) is 12.3. The molecule has 0 bridgehead atoms. The van der Waals surface area contributed by atoms with E-state index in [9.17, 15) is 0 Å². The van der Waals surface area contributed by atoms with Crippen molar-refractivity contribution < 1.29 is 6.85 Å². The van der Waals surface area contributed by atoms with Crippen LogP contribution in [0.3, 0.4) is 0 Å². The third-order valence-electron chi connectivity index (χ3n) is 8.79. The summed E-state index contributed by atoms with van der Waals surface area (Å²) in [6.07, 6.45) is 0. The van der Waals surface area contributed by atoms with E-state index in [2.05, 4.69) is 132 Å². The van der Waals surface area contributed by atoms with E-state index >= 15 is 0 Å². The van der Waals surface area contributed by atoms with Crippen molar-refractivity contribution in [2.75, 3.05) is 4.90 Å². The maximum atomic E-state index is 8.82. The Morgan fingerprint density at radius 3 is 1.35 bits per heavy atom. The summed E-state index contributed by atoms with van der Waals surface area (Å²) in [4.78, 5) is 2.09. The van der Waals surface area contributed by atoms with Crippen molar-refractivity contribution in [1.29, 1.82) is 0 Å². The van der Waals surface area contributed by atoms with Gasteiger partial charge in [0, 0.05) is 16.9 Å². The zero-order chi connectivity index (χ0) is 37.2. The van der Waals surface area contributed by atoms with Gasteiger partial charge in [0.1, 0.15) is 0 Å². The van der Waals surface area contributed by atoms with E-state index in [0.29, 0.717) is 11.3 Å². The van der Waals surface area contributed by atoms with Crippen LogP contribution in [0.4, 0.5) is 17.1 Å². The van der Waals surface area contributed by atoms with Gasteiger partial charge in [-0.3, -0.25) is 0 Å². The van der Waals surface area contributed by atoms with Gasteiger partial charge in [-0.25, -0.2) is 0 Å². The molecule has 1 heteroatoms. The summed E-state index contributed by atoms with van der Waals surface area (Å²) in [6, 6.07) is 60.2. The van der Waals surface area contributed by atoms with Crippen LogP contribution in [0.1, 0.15) is 6.85 Å². The highest BCUT2D eigenvalue weighted by Crippen LogP contribution is 2.42. The lowest BCUT2D eigenvalue weighted by Gasteiger charge is -2.28. The molecule has 232 valence electrons. The fourth-order valence-corrected chi connectivity index (χ4v) is 6.38. The molecule has 0 radical (unpaired) electrons. The highest BCUT2D eigenvalue weighted by Gasteiger charge is 2.18. The van der Waals surface area contributed by atoms with Gasteiger partial charge in [-0.05, 0) is 86.5 Å². The van der Waals surface area contributed by atoms with Gasteiger partial charge in [-0.15, -0.1) is 0 Å². The van der Waals surface area contributed by atoms with E-state index in [0.717, 1.165) is 55.9 Å². The zero-order valence-corrected chi connectivity index (χ0v) is 26.8. The molecule has 8 aromatic carbocycles. The monoisotopic (exact) mass is 630 g/mol. The van der Waals surface area contributed by atoms with Gasteiger partial charge in [-0.1, -0.05) is 176 Å². The van der Waals surface area contributed by atoms with E-state index in [1.165, 1.54) is 0 Å². The average molecular weight is 631 g/mol. The minimum Gasteiger partial charge on any atom is -0.310 e. The molecule has 0 saturated heterocycles. The minimum atomic E-state index is -0.414. The molecule has 0 aliphatic carbocycles. The lowest BCUT2D eigenvalue weighted by molar-refractivity contribution is 1.28. The van der Waals surface area contributed by atoms with E-state index in [1.54, 1.807) is 0 Å². The fraction of sp³-hybridized carbons (Fsp3) is 0. The second-order valence-corrected chi connectivity index (χ2v) is 11.8. The van der Waals surface area contributed by atoms with Crippen molar-refractivity contribution in [3.05, 3.63) is 212 Å². The van der Waals surface area contributed by atoms with Crippen LogP contribution in [0.2, 0.25) is 0 Å². The van der Waals surface area contributed by atoms with Crippen molar-refractivity contribution in [2.45, 2.75) is 0 Å². The molecular weight excluding hydrogens is 591 g/mol. The Morgan fingerprint density at radius 1 is 0.306 bits per heavy atom.